The molecule has 0 spiro atoms. The van der Waals surface area contributed by atoms with E-state index in [-0.39, 0.29) is 12.5 Å². The Morgan fingerprint density at radius 1 is 1.00 bits per heavy atom. The summed E-state index contributed by atoms with van der Waals surface area (Å²) < 4.78 is 44.9. The first-order valence-electron chi connectivity index (χ1n) is 11.4. The number of aromatic nitrogens is 1. The molecule has 3 aromatic rings. The Morgan fingerprint density at radius 2 is 1.71 bits per heavy atom. The number of nitrogens with zero attached hydrogens (tertiary/aromatic N) is 1. The fourth-order valence-electron chi connectivity index (χ4n) is 3.62. The number of carboxylic acid groups (broad SMARTS) is 1. The van der Waals surface area contributed by atoms with E-state index in [0.29, 0.717) is 29.8 Å². The number of aliphatic carboxylic acids is 1. The van der Waals surface area contributed by atoms with Gasteiger partial charge in [-0.05, 0) is 67.6 Å². The number of carboxylic acids is 1. The van der Waals surface area contributed by atoms with Crippen LogP contribution in [0.25, 0.3) is 11.3 Å². The maximum absolute atomic E-state index is 12.9. The Morgan fingerprint density at radius 3 is 2.32 bits per heavy atom. The molecular formula is C27H28F3NO3. The van der Waals surface area contributed by atoms with Gasteiger partial charge >= 0.3 is 12.1 Å². The maximum atomic E-state index is 12.9. The number of halogens is 3. The summed E-state index contributed by atoms with van der Waals surface area (Å²) in [5, 5.41) is 8.78. The molecule has 0 bridgehead atoms. The van der Waals surface area contributed by atoms with E-state index in [9.17, 15) is 18.0 Å². The second-order valence-electron chi connectivity index (χ2n) is 8.16. The summed E-state index contributed by atoms with van der Waals surface area (Å²) in [5.41, 5.74) is 2.26. The van der Waals surface area contributed by atoms with Crippen molar-refractivity contribution >= 4 is 5.97 Å². The second-order valence-corrected chi connectivity index (χ2v) is 8.16. The number of benzene rings is 2. The molecule has 0 aliphatic heterocycles. The average molecular weight is 472 g/mol. The van der Waals surface area contributed by atoms with Crippen LogP contribution in [0.5, 0.6) is 5.75 Å². The Labute approximate surface area is 197 Å². The van der Waals surface area contributed by atoms with Gasteiger partial charge in [0.25, 0.3) is 0 Å². The minimum absolute atomic E-state index is 0.137. The fourth-order valence-corrected chi connectivity index (χ4v) is 3.62. The van der Waals surface area contributed by atoms with Crippen LogP contribution in [0.3, 0.4) is 0 Å². The Balaban J connectivity index is 1.75. The van der Waals surface area contributed by atoms with Crippen LogP contribution in [-0.2, 0) is 17.4 Å². The van der Waals surface area contributed by atoms with Crippen molar-refractivity contribution in [2.75, 3.05) is 0 Å². The van der Waals surface area contributed by atoms with Gasteiger partial charge in [0, 0.05) is 12.0 Å². The molecular weight excluding hydrogens is 443 g/mol. The highest BCUT2D eigenvalue weighted by atomic mass is 19.4. The van der Waals surface area contributed by atoms with Crippen molar-refractivity contribution in [3.8, 4) is 17.0 Å². The third-order valence-corrected chi connectivity index (χ3v) is 5.49. The molecule has 0 amide bonds. The largest absolute Gasteiger partial charge is 0.484 e. The number of pyridine rings is 1. The summed E-state index contributed by atoms with van der Waals surface area (Å²) >= 11 is 0. The van der Waals surface area contributed by atoms with Crippen molar-refractivity contribution < 1.29 is 27.8 Å². The molecule has 0 saturated heterocycles. The van der Waals surface area contributed by atoms with E-state index in [2.05, 4.69) is 6.92 Å². The number of ether oxygens (including phenoxy) is 1. The lowest BCUT2D eigenvalue weighted by Crippen LogP contribution is -2.10. The molecule has 4 nitrogen and oxygen atoms in total. The van der Waals surface area contributed by atoms with Gasteiger partial charge < -0.3 is 9.84 Å². The van der Waals surface area contributed by atoms with Gasteiger partial charge in [-0.3, -0.25) is 4.79 Å². The van der Waals surface area contributed by atoms with Gasteiger partial charge in [-0.2, -0.15) is 13.2 Å². The van der Waals surface area contributed by atoms with E-state index in [4.69, 9.17) is 14.8 Å². The van der Waals surface area contributed by atoms with E-state index < -0.39 is 17.7 Å². The zero-order valence-electron chi connectivity index (χ0n) is 19.0. The zero-order valence-corrected chi connectivity index (χ0v) is 19.0. The molecule has 3 rings (SSSR count). The first-order chi connectivity index (χ1) is 16.3. The molecule has 1 N–H and O–H groups in total. The highest BCUT2D eigenvalue weighted by Gasteiger charge is 2.30. The predicted molar refractivity (Wildman–Crippen MR) is 125 cm³/mol. The number of carbonyl (C=O) groups is 1. The molecule has 1 aromatic heterocycles. The van der Waals surface area contributed by atoms with Crippen LogP contribution in [0.4, 0.5) is 13.2 Å². The molecule has 1 heterocycles. The van der Waals surface area contributed by atoms with E-state index in [1.165, 1.54) is 12.1 Å². The molecule has 0 saturated carbocycles. The average Bonchev–Trinajstić information content (AvgIpc) is 2.82. The molecule has 0 radical (unpaired) electrons. The fraction of sp³-hybridized carbons (Fsp3) is 0.333. The van der Waals surface area contributed by atoms with Gasteiger partial charge in [0.1, 0.15) is 11.9 Å². The Bertz CT molecular complexity index is 1060. The monoisotopic (exact) mass is 471 g/mol. The summed E-state index contributed by atoms with van der Waals surface area (Å²) in [6, 6.07) is 18.1. The number of hydrogen-bond donors (Lipinski definition) is 1. The molecule has 34 heavy (non-hydrogen) atoms. The van der Waals surface area contributed by atoms with Crippen LogP contribution in [0, 0.1) is 0 Å². The molecule has 1 atom stereocenters. The van der Waals surface area contributed by atoms with Crippen LogP contribution >= 0.6 is 0 Å². The van der Waals surface area contributed by atoms with Crippen molar-refractivity contribution in [3.63, 3.8) is 0 Å². The van der Waals surface area contributed by atoms with E-state index in [0.717, 1.165) is 42.7 Å². The predicted octanol–water partition coefficient (Wildman–Crippen LogP) is 7.49. The van der Waals surface area contributed by atoms with Crippen LogP contribution in [0.15, 0.2) is 66.7 Å². The first kappa shape index (κ1) is 25.3. The standard InChI is InChI=1S/C27H28F3NO3/c1-2-3-9-25(34-22-17-11-19(12-18-22)6-4-10-26(32)33)24-8-5-7-23(31-24)20-13-15-21(16-14-20)27(28,29)30/h5,7-8,11-18,25H,2-4,6,9-10H2,1H3,(H,32,33). The van der Waals surface area contributed by atoms with Crippen molar-refractivity contribution in [2.45, 2.75) is 57.7 Å². The number of hydrogen-bond acceptors (Lipinski definition) is 3. The molecule has 7 heteroatoms. The third-order valence-electron chi connectivity index (χ3n) is 5.49. The summed E-state index contributed by atoms with van der Waals surface area (Å²) in [4.78, 5) is 15.4. The molecule has 0 aliphatic carbocycles. The Kier molecular flexibility index (Phi) is 8.68. The molecule has 1 unspecified atom stereocenters. The number of alkyl halides is 3. The van der Waals surface area contributed by atoms with Gasteiger partial charge in [-0.1, -0.05) is 43.7 Å². The van der Waals surface area contributed by atoms with Crippen molar-refractivity contribution in [2.24, 2.45) is 0 Å². The summed E-state index contributed by atoms with van der Waals surface area (Å²) in [7, 11) is 0. The highest BCUT2D eigenvalue weighted by Crippen LogP contribution is 2.32. The molecule has 180 valence electrons. The van der Waals surface area contributed by atoms with E-state index in [1.54, 1.807) is 6.07 Å². The maximum Gasteiger partial charge on any atom is 0.416 e. The molecule has 0 aliphatic rings. The van der Waals surface area contributed by atoms with E-state index in [1.807, 2.05) is 36.4 Å². The van der Waals surface area contributed by atoms with Crippen molar-refractivity contribution in [3.05, 3.63) is 83.6 Å². The zero-order chi connectivity index (χ0) is 24.6. The van der Waals surface area contributed by atoms with Crippen molar-refractivity contribution in [1.82, 2.24) is 4.98 Å². The number of aryl methyl sites for hydroxylation is 1. The minimum atomic E-state index is -4.38. The highest BCUT2D eigenvalue weighted by molar-refractivity contribution is 5.66. The minimum Gasteiger partial charge on any atom is -0.484 e. The van der Waals surface area contributed by atoms with Crippen LogP contribution < -0.4 is 4.74 Å². The van der Waals surface area contributed by atoms with E-state index >= 15 is 0 Å². The normalized spacial score (nSPS) is 12.4. The third kappa shape index (κ3) is 7.33. The lowest BCUT2D eigenvalue weighted by molar-refractivity contribution is -0.138. The van der Waals surface area contributed by atoms with Gasteiger partial charge in [-0.25, -0.2) is 4.98 Å². The summed E-state index contributed by atoms with van der Waals surface area (Å²) in [6.07, 6.45) is -0.604. The smallest absolute Gasteiger partial charge is 0.416 e. The lowest BCUT2D eigenvalue weighted by atomic mass is 10.1. The lowest BCUT2D eigenvalue weighted by Gasteiger charge is -2.20. The van der Waals surface area contributed by atoms with Crippen LogP contribution in [0.1, 0.15) is 62.0 Å². The van der Waals surface area contributed by atoms with Crippen molar-refractivity contribution in [1.29, 1.82) is 0 Å². The van der Waals surface area contributed by atoms with Gasteiger partial charge in [0.2, 0.25) is 0 Å². The topological polar surface area (TPSA) is 59.4 Å². The summed E-state index contributed by atoms with van der Waals surface area (Å²) in [6.45, 7) is 2.09. The van der Waals surface area contributed by atoms with Crippen LogP contribution in [0.2, 0.25) is 0 Å². The second kappa shape index (κ2) is 11.7. The number of rotatable bonds is 11. The number of unbranched alkanes of at least 4 members (excludes halogenated alkanes) is 1. The van der Waals surface area contributed by atoms with Crippen LogP contribution in [-0.4, -0.2) is 16.1 Å². The molecule has 2 aromatic carbocycles. The van der Waals surface area contributed by atoms with Gasteiger partial charge in [0.15, 0.2) is 0 Å². The Hall–Kier alpha value is -3.35. The first-order valence-corrected chi connectivity index (χ1v) is 11.4. The van der Waals surface area contributed by atoms with Gasteiger partial charge in [-0.15, -0.1) is 0 Å². The van der Waals surface area contributed by atoms with Gasteiger partial charge in [0.05, 0.1) is 17.0 Å². The SMILES string of the molecule is CCCCC(Oc1ccc(CCCC(=O)O)cc1)c1cccc(-c2ccc(C(F)(F)F)cc2)n1. The summed E-state index contributed by atoms with van der Waals surface area (Å²) in [5.74, 6) is -0.116. The quantitative estimate of drug-likeness (QED) is 0.315. The molecule has 0 fully saturated rings.